The number of para-hydroxylation sites is 1. The second kappa shape index (κ2) is 9.40. The third kappa shape index (κ3) is 4.58. The molecule has 35 heavy (non-hydrogen) atoms. The largest absolute Gasteiger partial charge is 0.342 e. The molecule has 1 saturated heterocycles. The average molecular weight is 504 g/mol. The van der Waals surface area contributed by atoms with Crippen molar-refractivity contribution in [1.29, 1.82) is 0 Å². The number of halogens is 1. The Bertz CT molecular complexity index is 1530. The number of nitrogens with zero attached hydrogens (tertiary/aromatic N) is 3. The Labute approximate surface area is 209 Å². The minimum atomic E-state index is -0.504. The Kier molecular flexibility index (Phi) is 6.15. The molecular weight excluding hydrogens is 486 g/mol. The molecule has 0 saturated carbocycles. The number of thioether (sulfide) groups is 1. The Balaban J connectivity index is 1.45. The highest BCUT2D eigenvalue weighted by molar-refractivity contribution is 8.18. The van der Waals surface area contributed by atoms with Crippen LogP contribution in [-0.4, -0.2) is 25.5 Å². The zero-order valence-electron chi connectivity index (χ0n) is 18.3. The quantitative estimate of drug-likeness (QED) is 0.170. The summed E-state index contributed by atoms with van der Waals surface area (Å²) in [6.45, 7) is 0.528. The number of rotatable bonds is 6. The predicted molar refractivity (Wildman–Crippen MR) is 137 cm³/mol. The van der Waals surface area contributed by atoms with Gasteiger partial charge in [-0.2, -0.15) is 0 Å². The van der Waals surface area contributed by atoms with Gasteiger partial charge in [0, 0.05) is 46.4 Å². The lowest BCUT2D eigenvalue weighted by atomic mass is 10.1. The molecule has 0 spiro atoms. The molecule has 7 nitrogen and oxygen atoms in total. The second-order valence-electron chi connectivity index (χ2n) is 8.02. The van der Waals surface area contributed by atoms with Crippen LogP contribution in [0.1, 0.15) is 16.7 Å². The summed E-state index contributed by atoms with van der Waals surface area (Å²) in [5.74, 6) is -0.422. The first kappa shape index (κ1) is 22.9. The van der Waals surface area contributed by atoms with Crippen molar-refractivity contribution in [3.63, 3.8) is 0 Å². The van der Waals surface area contributed by atoms with Gasteiger partial charge < -0.3 is 4.57 Å². The van der Waals surface area contributed by atoms with Gasteiger partial charge in [-0.1, -0.05) is 60.1 Å². The summed E-state index contributed by atoms with van der Waals surface area (Å²) in [6.07, 6.45) is 3.67. The van der Waals surface area contributed by atoms with E-state index in [1.54, 1.807) is 12.1 Å². The van der Waals surface area contributed by atoms with Crippen molar-refractivity contribution in [2.45, 2.75) is 13.1 Å². The van der Waals surface area contributed by atoms with Crippen LogP contribution in [0.3, 0.4) is 0 Å². The van der Waals surface area contributed by atoms with Gasteiger partial charge >= 0.3 is 0 Å². The van der Waals surface area contributed by atoms with E-state index in [1.165, 1.54) is 18.2 Å². The molecule has 3 aromatic carbocycles. The Hall–Kier alpha value is -3.88. The molecule has 0 atom stereocenters. The highest BCUT2D eigenvalue weighted by atomic mass is 35.5. The van der Waals surface area contributed by atoms with E-state index in [9.17, 15) is 19.7 Å². The number of fused-ring (bicyclic) bond motifs is 1. The third-order valence-corrected chi connectivity index (χ3v) is 7.02. The lowest BCUT2D eigenvalue weighted by molar-refractivity contribution is -0.384. The van der Waals surface area contributed by atoms with E-state index in [0.717, 1.165) is 38.7 Å². The molecule has 9 heteroatoms. The first-order chi connectivity index (χ1) is 16.9. The van der Waals surface area contributed by atoms with Gasteiger partial charge in [0.25, 0.3) is 16.8 Å². The fourth-order valence-electron chi connectivity index (χ4n) is 4.06. The van der Waals surface area contributed by atoms with Gasteiger partial charge in [0.1, 0.15) is 0 Å². The van der Waals surface area contributed by atoms with Crippen molar-refractivity contribution in [1.82, 2.24) is 9.47 Å². The van der Waals surface area contributed by atoms with Crippen LogP contribution in [0.15, 0.2) is 83.9 Å². The molecule has 5 rings (SSSR count). The summed E-state index contributed by atoms with van der Waals surface area (Å²) < 4.78 is 2.07. The van der Waals surface area contributed by atoms with Crippen LogP contribution in [0.2, 0.25) is 5.02 Å². The Morgan fingerprint density at radius 1 is 0.971 bits per heavy atom. The first-order valence-electron chi connectivity index (χ1n) is 10.7. The maximum absolute atomic E-state index is 13.1. The summed E-state index contributed by atoms with van der Waals surface area (Å²) in [6, 6.07) is 21.4. The van der Waals surface area contributed by atoms with Crippen LogP contribution in [-0.2, 0) is 17.9 Å². The topological polar surface area (TPSA) is 85.5 Å². The van der Waals surface area contributed by atoms with E-state index in [0.29, 0.717) is 22.0 Å². The number of non-ortho nitro benzene ring substituents is 1. The van der Waals surface area contributed by atoms with E-state index in [1.807, 2.05) is 54.7 Å². The number of hydrogen-bond donors (Lipinski definition) is 0. The van der Waals surface area contributed by atoms with Gasteiger partial charge in [-0.3, -0.25) is 24.6 Å². The second-order valence-corrected chi connectivity index (χ2v) is 9.42. The molecule has 4 aromatic rings. The lowest BCUT2D eigenvalue weighted by Crippen LogP contribution is -2.27. The molecule has 0 aliphatic carbocycles. The molecule has 0 N–H and O–H groups in total. The minimum absolute atomic E-state index is 0.0298. The lowest BCUT2D eigenvalue weighted by Gasteiger charge is -2.12. The zero-order chi connectivity index (χ0) is 24.5. The molecule has 1 aromatic heterocycles. The molecule has 1 aliphatic rings. The Morgan fingerprint density at radius 2 is 1.74 bits per heavy atom. The van der Waals surface area contributed by atoms with Gasteiger partial charge in [-0.25, -0.2) is 0 Å². The van der Waals surface area contributed by atoms with E-state index >= 15 is 0 Å². The fourth-order valence-corrected chi connectivity index (χ4v) is 5.08. The molecule has 0 radical (unpaired) electrons. The summed E-state index contributed by atoms with van der Waals surface area (Å²) in [4.78, 5) is 37.7. The van der Waals surface area contributed by atoms with Crippen molar-refractivity contribution in [3.05, 3.63) is 116 Å². The van der Waals surface area contributed by atoms with Crippen LogP contribution >= 0.6 is 23.4 Å². The summed E-state index contributed by atoms with van der Waals surface area (Å²) >= 11 is 7.23. The van der Waals surface area contributed by atoms with Crippen LogP contribution in [0, 0.1) is 10.1 Å². The number of hydrogen-bond acceptors (Lipinski definition) is 5. The summed E-state index contributed by atoms with van der Waals surface area (Å²) in [5.41, 5.74) is 3.19. The van der Waals surface area contributed by atoms with E-state index in [-0.39, 0.29) is 12.2 Å². The van der Waals surface area contributed by atoms with Gasteiger partial charge in [-0.15, -0.1) is 0 Å². The zero-order valence-corrected chi connectivity index (χ0v) is 19.8. The van der Waals surface area contributed by atoms with Crippen molar-refractivity contribution >= 4 is 57.2 Å². The molecule has 1 fully saturated rings. The molecule has 2 amide bonds. The highest BCUT2D eigenvalue weighted by Gasteiger charge is 2.35. The van der Waals surface area contributed by atoms with Crippen LogP contribution in [0.5, 0.6) is 0 Å². The average Bonchev–Trinajstić information content (AvgIpc) is 3.33. The first-order valence-corrected chi connectivity index (χ1v) is 11.9. The van der Waals surface area contributed by atoms with Crippen LogP contribution in [0.4, 0.5) is 10.5 Å². The monoisotopic (exact) mass is 503 g/mol. The van der Waals surface area contributed by atoms with Crippen LogP contribution < -0.4 is 0 Å². The maximum atomic E-state index is 13.1. The standard InChI is InChI=1S/C26H18ClN3O4S/c27-22-10-3-1-7-18(22)15-28-16-19(21-9-2-4-11-23(21)28)13-24-25(31)29(26(32)35-24)14-17-6-5-8-20(12-17)30(33)34/h1-13,16H,14-15H2/b24-13-. The normalized spacial score (nSPS) is 14.9. The molecule has 2 heterocycles. The fraction of sp³-hybridized carbons (Fsp3) is 0.0769. The summed E-state index contributed by atoms with van der Waals surface area (Å²) in [5, 5.41) is 12.3. The van der Waals surface area contributed by atoms with E-state index in [4.69, 9.17) is 11.6 Å². The van der Waals surface area contributed by atoms with Crippen molar-refractivity contribution in [2.24, 2.45) is 0 Å². The number of carbonyl (C=O) groups excluding carboxylic acids is 2. The molecule has 0 bridgehead atoms. The molecule has 174 valence electrons. The number of aromatic nitrogens is 1. The predicted octanol–water partition coefficient (Wildman–Crippen LogP) is 6.49. The SMILES string of the molecule is O=C1S/C(=C\c2cn(Cc3ccccc3Cl)c3ccccc23)C(=O)N1Cc1cccc([N+](=O)[O-])c1. The third-order valence-electron chi connectivity index (χ3n) is 5.74. The van der Waals surface area contributed by atoms with Crippen molar-refractivity contribution < 1.29 is 14.5 Å². The number of nitro benzene ring substituents is 1. The van der Waals surface area contributed by atoms with E-state index in [2.05, 4.69) is 4.57 Å². The van der Waals surface area contributed by atoms with Crippen molar-refractivity contribution in [2.75, 3.05) is 0 Å². The van der Waals surface area contributed by atoms with Crippen LogP contribution in [0.25, 0.3) is 17.0 Å². The molecule has 1 aliphatic heterocycles. The Morgan fingerprint density at radius 3 is 2.54 bits per heavy atom. The maximum Gasteiger partial charge on any atom is 0.293 e. The highest BCUT2D eigenvalue weighted by Crippen LogP contribution is 2.35. The minimum Gasteiger partial charge on any atom is -0.342 e. The number of nitro groups is 1. The molecule has 0 unspecified atom stereocenters. The number of amides is 2. The summed E-state index contributed by atoms with van der Waals surface area (Å²) in [7, 11) is 0. The van der Waals surface area contributed by atoms with Gasteiger partial charge in [-0.05, 0) is 41.1 Å². The van der Waals surface area contributed by atoms with Gasteiger partial charge in [0.2, 0.25) is 0 Å². The van der Waals surface area contributed by atoms with E-state index < -0.39 is 16.1 Å². The molecular formula is C26H18ClN3O4S. The number of imide groups is 1. The number of carbonyl (C=O) groups is 2. The number of benzene rings is 3. The van der Waals surface area contributed by atoms with Crippen molar-refractivity contribution in [3.8, 4) is 0 Å². The smallest absolute Gasteiger partial charge is 0.293 e. The van der Waals surface area contributed by atoms with Gasteiger partial charge in [0.05, 0.1) is 16.4 Å². The van der Waals surface area contributed by atoms with Gasteiger partial charge in [0.15, 0.2) is 0 Å².